The van der Waals surface area contributed by atoms with Gasteiger partial charge in [-0.2, -0.15) is 5.26 Å². The van der Waals surface area contributed by atoms with Crippen LogP contribution in [0.1, 0.15) is 29.9 Å². The number of hydrogen-bond donors (Lipinski definition) is 1. The molecule has 0 saturated carbocycles. The molecule has 0 fully saturated rings. The molecule has 2 unspecified atom stereocenters. The zero-order valence-electron chi connectivity index (χ0n) is 11.3. The standard InChI is InChI=1S/C15H14BrFN2OS/c1-2-12(19)15(14-6-10(16)8-21-14)20-13-4-3-9(7-18)5-11(13)17/h3-6,8,12,15H,2,19H2,1H3. The maximum absolute atomic E-state index is 14.0. The number of thiophene rings is 1. The lowest BCUT2D eigenvalue weighted by Crippen LogP contribution is -2.31. The summed E-state index contributed by atoms with van der Waals surface area (Å²) >= 11 is 4.90. The summed E-state index contributed by atoms with van der Waals surface area (Å²) in [5.74, 6) is -0.453. The number of nitrogens with zero attached hydrogens (tertiary/aromatic N) is 1. The summed E-state index contributed by atoms with van der Waals surface area (Å²) in [5.41, 5.74) is 6.36. The third kappa shape index (κ3) is 3.82. The van der Waals surface area contributed by atoms with Crippen molar-refractivity contribution in [3.63, 3.8) is 0 Å². The van der Waals surface area contributed by atoms with Gasteiger partial charge in [-0.3, -0.25) is 0 Å². The fourth-order valence-corrected chi connectivity index (χ4v) is 3.40. The molecule has 1 aromatic heterocycles. The van der Waals surface area contributed by atoms with Crippen LogP contribution in [0.3, 0.4) is 0 Å². The third-order valence-electron chi connectivity index (χ3n) is 3.04. The second-order valence-electron chi connectivity index (χ2n) is 4.53. The van der Waals surface area contributed by atoms with Gasteiger partial charge in [0.25, 0.3) is 0 Å². The Labute approximate surface area is 135 Å². The minimum absolute atomic E-state index is 0.104. The first-order valence-corrected chi connectivity index (χ1v) is 8.08. The van der Waals surface area contributed by atoms with Gasteiger partial charge in [0.1, 0.15) is 6.10 Å². The van der Waals surface area contributed by atoms with Gasteiger partial charge in [0, 0.05) is 20.8 Å². The van der Waals surface area contributed by atoms with E-state index >= 15 is 0 Å². The topological polar surface area (TPSA) is 59.0 Å². The zero-order valence-corrected chi connectivity index (χ0v) is 13.7. The third-order valence-corrected chi connectivity index (χ3v) is 4.80. The molecule has 0 amide bonds. The molecule has 0 aliphatic heterocycles. The summed E-state index contributed by atoms with van der Waals surface area (Å²) in [7, 11) is 0. The van der Waals surface area contributed by atoms with Gasteiger partial charge >= 0.3 is 0 Å². The smallest absolute Gasteiger partial charge is 0.166 e. The summed E-state index contributed by atoms with van der Waals surface area (Å²) in [4.78, 5) is 0.931. The fourth-order valence-electron chi connectivity index (χ4n) is 1.85. The van der Waals surface area contributed by atoms with E-state index < -0.39 is 11.9 Å². The van der Waals surface area contributed by atoms with Gasteiger partial charge in [-0.1, -0.05) is 6.92 Å². The first-order chi connectivity index (χ1) is 10.0. The summed E-state index contributed by atoms with van der Waals surface area (Å²) in [5, 5.41) is 10.7. The van der Waals surface area contributed by atoms with Crippen LogP contribution in [0.15, 0.2) is 34.1 Å². The predicted molar refractivity (Wildman–Crippen MR) is 84.8 cm³/mol. The molecular weight excluding hydrogens is 355 g/mol. The molecule has 0 radical (unpaired) electrons. The van der Waals surface area contributed by atoms with E-state index in [4.69, 9.17) is 15.7 Å². The minimum atomic E-state index is -0.557. The van der Waals surface area contributed by atoms with Gasteiger partial charge in [0.05, 0.1) is 11.6 Å². The van der Waals surface area contributed by atoms with Gasteiger partial charge in [0.2, 0.25) is 0 Å². The number of nitriles is 1. The van der Waals surface area contributed by atoms with Crippen LogP contribution in [0.25, 0.3) is 0 Å². The van der Waals surface area contributed by atoms with Gasteiger partial charge < -0.3 is 10.5 Å². The minimum Gasteiger partial charge on any atom is -0.480 e. The molecule has 110 valence electrons. The molecule has 0 saturated heterocycles. The van der Waals surface area contributed by atoms with Crippen LogP contribution in [0.4, 0.5) is 4.39 Å². The van der Waals surface area contributed by atoms with Gasteiger partial charge in [-0.15, -0.1) is 11.3 Å². The van der Waals surface area contributed by atoms with Crippen molar-refractivity contribution in [2.45, 2.75) is 25.5 Å². The molecule has 6 heteroatoms. The summed E-state index contributed by atoms with van der Waals surface area (Å²) < 4.78 is 20.7. The maximum Gasteiger partial charge on any atom is 0.166 e. The Morgan fingerprint density at radius 1 is 1.48 bits per heavy atom. The Bertz CT molecular complexity index is 668. The SMILES string of the molecule is CCC(N)C(Oc1ccc(C#N)cc1F)c1cc(Br)cs1. The first-order valence-electron chi connectivity index (χ1n) is 6.41. The van der Waals surface area contributed by atoms with Crippen molar-refractivity contribution in [1.82, 2.24) is 0 Å². The molecule has 1 aromatic carbocycles. The molecule has 0 spiro atoms. The lowest BCUT2D eigenvalue weighted by atomic mass is 10.1. The van der Waals surface area contributed by atoms with Crippen LogP contribution in [0.5, 0.6) is 5.75 Å². The van der Waals surface area contributed by atoms with Crippen LogP contribution in [0.2, 0.25) is 0 Å². The van der Waals surface area contributed by atoms with Crippen molar-refractivity contribution >= 4 is 27.3 Å². The largest absolute Gasteiger partial charge is 0.480 e. The van der Waals surface area contributed by atoms with Crippen LogP contribution in [-0.4, -0.2) is 6.04 Å². The Kier molecular flexibility index (Phi) is 5.34. The first kappa shape index (κ1) is 16.0. The predicted octanol–water partition coefficient (Wildman–Crippen LogP) is 4.38. The number of halogens is 2. The van der Waals surface area contributed by atoms with Crippen molar-refractivity contribution in [1.29, 1.82) is 5.26 Å². The number of hydrogen-bond acceptors (Lipinski definition) is 4. The second-order valence-corrected chi connectivity index (χ2v) is 6.39. The van der Waals surface area contributed by atoms with Crippen LogP contribution in [0, 0.1) is 17.1 Å². The number of ether oxygens (including phenoxy) is 1. The van der Waals surface area contributed by atoms with E-state index in [1.807, 2.05) is 24.4 Å². The number of nitrogens with two attached hydrogens (primary N) is 1. The quantitative estimate of drug-likeness (QED) is 0.851. The highest BCUT2D eigenvalue weighted by molar-refractivity contribution is 9.10. The molecular formula is C15H14BrFN2OS. The van der Waals surface area contributed by atoms with Gasteiger partial charge in [0.15, 0.2) is 11.6 Å². The molecule has 0 aliphatic rings. The van der Waals surface area contributed by atoms with E-state index in [2.05, 4.69) is 15.9 Å². The summed E-state index contributed by atoms with van der Waals surface area (Å²) in [6.07, 6.45) is 0.284. The Hall–Kier alpha value is -1.42. The Morgan fingerprint density at radius 2 is 2.24 bits per heavy atom. The average molecular weight is 369 g/mol. The molecule has 2 atom stereocenters. The van der Waals surface area contributed by atoms with E-state index in [0.717, 1.165) is 15.4 Å². The summed E-state index contributed by atoms with van der Waals surface area (Å²) in [6.45, 7) is 1.96. The Balaban J connectivity index is 2.29. The van der Waals surface area contributed by atoms with Gasteiger partial charge in [-0.05, 0) is 46.6 Å². The molecule has 2 N–H and O–H groups in total. The van der Waals surface area contributed by atoms with E-state index in [1.54, 1.807) is 0 Å². The molecule has 0 bridgehead atoms. The van der Waals surface area contributed by atoms with E-state index in [9.17, 15) is 4.39 Å². The molecule has 1 heterocycles. The molecule has 0 aliphatic carbocycles. The Morgan fingerprint density at radius 3 is 2.76 bits per heavy atom. The highest BCUT2D eigenvalue weighted by Gasteiger charge is 2.23. The van der Waals surface area contributed by atoms with E-state index in [1.165, 1.54) is 23.5 Å². The monoisotopic (exact) mass is 368 g/mol. The van der Waals surface area contributed by atoms with E-state index in [0.29, 0.717) is 6.42 Å². The van der Waals surface area contributed by atoms with Crippen molar-refractivity contribution in [2.24, 2.45) is 5.73 Å². The van der Waals surface area contributed by atoms with Gasteiger partial charge in [-0.25, -0.2) is 4.39 Å². The maximum atomic E-state index is 14.0. The highest BCUT2D eigenvalue weighted by atomic mass is 79.9. The van der Waals surface area contributed by atoms with Crippen molar-refractivity contribution in [2.75, 3.05) is 0 Å². The second kappa shape index (κ2) is 7.03. The van der Waals surface area contributed by atoms with Crippen LogP contribution >= 0.6 is 27.3 Å². The van der Waals surface area contributed by atoms with Crippen molar-refractivity contribution in [3.05, 3.63) is 50.4 Å². The zero-order chi connectivity index (χ0) is 15.4. The summed E-state index contributed by atoms with van der Waals surface area (Å²) in [6, 6.07) is 7.72. The van der Waals surface area contributed by atoms with E-state index in [-0.39, 0.29) is 17.4 Å². The average Bonchev–Trinajstić information content (AvgIpc) is 2.91. The molecule has 3 nitrogen and oxygen atoms in total. The van der Waals surface area contributed by atoms with Crippen LogP contribution in [-0.2, 0) is 0 Å². The normalized spacial score (nSPS) is 13.5. The lowest BCUT2D eigenvalue weighted by Gasteiger charge is -2.23. The molecule has 2 rings (SSSR count). The number of benzene rings is 1. The fraction of sp³-hybridized carbons (Fsp3) is 0.267. The molecule has 2 aromatic rings. The lowest BCUT2D eigenvalue weighted by molar-refractivity contribution is 0.167. The van der Waals surface area contributed by atoms with Crippen molar-refractivity contribution in [3.8, 4) is 11.8 Å². The number of rotatable bonds is 5. The van der Waals surface area contributed by atoms with Crippen molar-refractivity contribution < 1.29 is 9.13 Å². The van der Waals surface area contributed by atoms with Crippen LogP contribution < -0.4 is 10.5 Å². The highest BCUT2D eigenvalue weighted by Crippen LogP contribution is 2.33. The molecule has 21 heavy (non-hydrogen) atoms.